The molecule has 1 saturated carbocycles. The molecule has 0 aliphatic heterocycles. The summed E-state index contributed by atoms with van der Waals surface area (Å²) in [6.45, 7) is 5.40. The Morgan fingerprint density at radius 2 is 1.64 bits per heavy atom. The van der Waals surface area contributed by atoms with Gasteiger partial charge >= 0.3 is 5.97 Å². The van der Waals surface area contributed by atoms with Gasteiger partial charge in [-0.3, -0.25) is 4.79 Å². The molecule has 1 aromatic carbocycles. The van der Waals surface area contributed by atoms with Crippen LogP contribution >= 0.6 is 0 Å². The fraction of sp³-hybridized carbons (Fsp3) is 0.400. The van der Waals surface area contributed by atoms with E-state index in [2.05, 4.69) is 11.3 Å². The van der Waals surface area contributed by atoms with E-state index in [0.29, 0.717) is 0 Å². The molecule has 0 saturated heterocycles. The van der Waals surface area contributed by atoms with Crippen LogP contribution in [-0.2, 0) is 27.5 Å². The predicted molar refractivity (Wildman–Crippen MR) is 91.4 cm³/mol. The summed E-state index contributed by atoms with van der Waals surface area (Å²) in [7, 11) is 1.12. The maximum Gasteiger partial charge on any atom is 0.310 e. The van der Waals surface area contributed by atoms with E-state index in [1.807, 2.05) is 6.07 Å². The highest BCUT2D eigenvalue weighted by atomic mass is 19.2. The van der Waals surface area contributed by atoms with Gasteiger partial charge in [-0.25, -0.2) is 17.6 Å². The van der Waals surface area contributed by atoms with Crippen molar-refractivity contribution in [1.82, 2.24) is 0 Å². The number of hydrogen-bond acceptors (Lipinski definition) is 4. The van der Waals surface area contributed by atoms with Gasteiger partial charge in [-0.2, -0.15) is 5.26 Å². The third-order valence-electron chi connectivity index (χ3n) is 4.97. The van der Waals surface area contributed by atoms with Crippen LogP contribution in [0.5, 0.6) is 0 Å². The number of carbonyl (C=O) groups is 1. The van der Waals surface area contributed by atoms with Gasteiger partial charge < -0.3 is 9.47 Å². The molecule has 1 aliphatic rings. The second kappa shape index (κ2) is 8.15. The molecule has 0 N–H and O–H groups in total. The minimum absolute atomic E-state index is 0.281. The molecule has 1 fully saturated rings. The first-order chi connectivity index (χ1) is 13.1. The molecule has 0 spiro atoms. The van der Waals surface area contributed by atoms with Crippen LogP contribution in [0.15, 0.2) is 24.3 Å². The molecule has 8 heteroatoms. The highest BCUT2D eigenvalue weighted by Crippen LogP contribution is 2.60. The van der Waals surface area contributed by atoms with Crippen LogP contribution in [0.25, 0.3) is 0 Å². The summed E-state index contributed by atoms with van der Waals surface area (Å²) in [6, 6.07) is 1.92. The fourth-order valence-corrected chi connectivity index (χ4v) is 3.14. The first-order valence-electron chi connectivity index (χ1n) is 8.35. The minimum Gasteiger partial charge on any atom is -0.460 e. The lowest BCUT2D eigenvalue weighted by Crippen LogP contribution is -2.15. The first kappa shape index (κ1) is 21.6. The summed E-state index contributed by atoms with van der Waals surface area (Å²) in [4.78, 5) is 12.3. The summed E-state index contributed by atoms with van der Waals surface area (Å²) in [5.74, 6) is -8.24. The number of esters is 1. The van der Waals surface area contributed by atoms with E-state index in [1.54, 1.807) is 19.9 Å². The topological polar surface area (TPSA) is 59.3 Å². The molecule has 0 unspecified atom stereocenters. The van der Waals surface area contributed by atoms with Gasteiger partial charge in [-0.1, -0.05) is 32.6 Å². The Labute approximate surface area is 160 Å². The van der Waals surface area contributed by atoms with Crippen LogP contribution in [-0.4, -0.2) is 13.1 Å². The average molecular weight is 397 g/mol. The van der Waals surface area contributed by atoms with Gasteiger partial charge in [0.1, 0.15) is 6.61 Å². The zero-order chi connectivity index (χ0) is 21.2. The molecule has 0 radical (unpaired) electrons. The van der Waals surface area contributed by atoms with Crippen molar-refractivity contribution in [2.75, 3.05) is 7.11 Å². The molecular weight excluding hydrogens is 378 g/mol. The Balaban J connectivity index is 2.19. The van der Waals surface area contributed by atoms with Gasteiger partial charge in [0.25, 0.3) is 0 Å². The maximum absolute atomic E-state index is 14.1. The lowest BCUT2D eigenvalue weighted by atomic mass is 10.1. The van der Waals surface area contributed by atoms with Crippen molar-refractivity contribution in [3.05, 3.63) is 58.7 Å². The van der Waals surface area contributed by atoms with Crippen molar-refractivity contribution in [1.29, 1.82) is 5.26 Å². The Kier molecular flexibility index (Phi) is 6.30. The fourth-order valence-electron chi connectivity index (χ4n) is 3.14. The van der Waals surface area contributed by atoms with Crippen LogP contribution in [0.2, 0.25) is 0 Å². The van der Waals surface area contributed by atoms with Gasteiger partial charge in [-0.15, -0.1) is 0 Å². The number of hydrogen-bond donors (Lipinski definition) is 0. The monoisotopic (exact) mass is 397 g/mol. The molecule has 150 valence electrons. The summed E-state index contributed by atoms with van der Waals surface area (Å²) in [5, 5.41) is 8.95. The highest BCUT2D eigenvalue weighted by molar-refractivity contribution is 5.78. The SMILES string of the molecule is C=C/C(C#N)=C/[C@@H]1[C@@H](C(=O)OCc2c(F)c(F)c(COC)c(F)c2F)C1(C)C. The van der Waals surface area contributed by atoms with Crippen molar-refractivity contribution < 1.29 is 31.8 Å². The summed E-state index contributed by atoms with van der Waals surface area (Å²) >= 11 is 0. The molecule has 28 heavy (non-hydrogen) atoms. The number of benzene rings is 1. The van der Waals surface area contributed by atoms with Gasteiger partial charge in [-0.05, 0) is 11.3 Å². The number of nitriles is 1. The van der Waals surface area contributed by atoms with Crippen molar-refractivity contribution >= 4 is 5.97 Å². The third kappa shape index (κ3) is 3.80. The summed E-state index contributed by atoms with van der Waals surface area (Å²) in [5.41, 5.74) is -2.16. The van der Waals surface area contributed by atoms with Gasteiger partial charge in [0, 0.05) is 12.7 Å². The number of nitrogens with zero attached hydrogens (tertiary/aromatic N) is 1. The third-order valence-corrected chi connectivity index (χ3v) is 4.97. The van der Waals surface area contributed by atoms with Crippen LogP contribution in [0.4, 0.5) is 17.6 Å². The molecule has 4 nitrogen and oxygen atoms in total. The first-order valence-corrected chi connectivity index (χ1v) is 8.35. The predicted octanol–water partition coefficient (Wildman–Crippen LogP) is 4.34. The standard InChI is InChI=1S/C20H19F4NO3/c1-5-10(7-25)6-13-14(20(13,2)3)19(26)28-9-12-17(23)15(21)11(8-27-4)16(22)18(12)24/h5-6,13-14H,1,8-9H2,2-4H3/b10-6-/t13-,14+/m1/s1. The zero-order valence-electron chi connectivity index (χ0n) is 15.6. The molecule has 1 aromatic rings. The Morgan fingerprint density at radius 1 is 1.14 bits per heavy atom. The van der Waals surface area contributed by atoms with E-state index >= 15 is 0 Å². The normalized spacial score (nSPS) is 20.4. The average Bonchev–Trinajstić information content (AvgIpc) is 3.21. The number of rotatable bonds is 7. The van der Waals surface area contributed by atoms with Crippen LogP contribution in [0.1, 0.15) is 25.0 Å². The molecule has 0 amide bonds. The Morgan fingerprint density at radius 3 is 2.07 bits per heavy atom. The maximum atomic E-state index is 14.1. The van der Waals surface area contributed by atoms with E-state index < -0.39 is 64.9 Å². The second-order valence-electron chi connectivity index (χ2n) is 7.02. The van der Waals surface area contributed by atoms with Crippen LogP contribution < -0.4 is 0 Å². The van der Waals surface area contributed by atoms with Gasteiger partial charge in [0.15, 0.2) is 23.3 Å². The summed E-state index contributed by atoms with van der Waals surface area (Å²) in [6.07, 6.45) is 2.91. The van der Waals surface area contributed by atoms with Gasteiger partial charge in [0.05, 0.1) is 29.7 Å². The number of methoxy groups -OCH3 is 1. The number of halogens is 4. The van der Waals surface area contributed by atoms with Crippen molar-refractivity contribution in [3.63, 3.8) is 0 Å². The number of allylic oxidation sites excluding steroid dienone is 3. The van der Waals surface area contributed by atoms with Crippen molar-refractivity contribution in [2.24, 2.45) is 17.3 Å². The number of ether oxygens (including phenoxy) is 2. The van der Waals surface area contributed by atoms with E-state index in [-0.39, 0.29) is 11.5 Å². The van der Waals surface area contributed by atoms with E-state index in [4.69, 9.17) is 10.00 Å². The molecule has 0 bridgehead atoms. The van der Waals surface area contributed by atoms with Crippen LogP contribution in [0.3, 0.4) is 0 Å². The second-order valence-corrected chi connectivity index (χ2v) is 7.02. The van der Waals surface area contributed by atoms with Crippen molar-refractivity contribution in [3.8, 4) is 6.07 Å². The lowest BCUT2D eigenvalue weighted by Gasteiger charge is -2.12. The Bertz CT molecular complexity index is 857. The molecule has 2 atom stereocenters. The lowest BCUT2D eigenvalue weighted by molar-refractivity contribution is -0.147. The Hall–Kier alpha value is -2.66. The quantitative estimate of drug-likeness (QED) is 0.226. The highest BCUT2D eigenvalue weighted by Gasteiger charge is 2.61. The molecule has 1 aliphatic carbocycles. The molecular formula is C20H19F4NO3. The van der Waals surface area contributed by atoms with Gasteiger partial charge in [0.2, 0.25) is 0 Å². The molecule has 0 heterocycles. The molecule has 2 rings (SSSR count). The van der Waals surface area contributed by atoms with Crippen molar-refractivity contribution in [2.45, 2.75) is 27.1 Å². The van der Waals surface area contributed by atoms with E-state index in [0.717, 1.165) is 7.11 Å². The zero-order valence-corrected chi connectivity index (χ0v) is 15.6. The largest absolute Gasteiger partial charge is 0.460 e. The molecule has 0 aromatic heterocycles. The summed E-state index contributed by atoms with van der Waals surface area (Å²) < 4.78 is 65.5. The van der Waals surface area contributed by atoms with E-state index in [9.17, 15) is 22.4 Å². The smallest absolute Gasteiger partial charge is 0.310 e. The van der Waals surface area contributed by atoms with Crippen LogP contribution in [0, 0.1) is 51.9 Å². The van der Waals surface area contributed by atoms with E-state index in [1.165, 1.54) is 6.08 Å². The minimum atomic E-state index is -1.64. The number of carbonyl (C=O) groups excluding carboxylic acids is 1.